The van der Waals surface area contributed by atoms with Gasteiger partial charge in [0, 0.05) is 19.5 Å². The molecule has 20 heavy (non-hydrogen) atoms. The third-order valence-electron chi connectivity index (χ3n) is 3.52. The Morgan fingerprint density at radius 3 is 2.35 bits per heavy atom. The highest BCUT2D eigenvalue weighted by molar-refractivity contribution is 5.54. The fourth-order valence-electron chi connectivity index (χ4n) is 2.45. The Bertz CT molecular complexity index is 540. The van der Waals surface area contributed by atoms with Gasteiger partial charge in [0.1, 0.15) is 5.69 Å². The Morgan fingerprint density at radius 1 is 1.35 bits per heavy atom. The molecule has 0 N–H and O–H groups in total. The molecule has 106 valence electrons. The van der Waals surface area contributed by atoms with Crippen LogP contribution in [-0.2, 0) is 0 Å². The fraction of sp³-hybridized carbons (Fsp3) is 0.462. The third-order valence-corrected chi connectivity index (χ3v) is 3.52. The van der Waals surface area contributed by atoms with Crippen LogP contribution in [0.4, 0.5) is 20.2 Å². The number of rotatable bonds is 3. The number of nitriles is 1. The molecule has 0 saturated carbocycles. The number of non-ortho nitro benzene ring substituents is 1. The maximum absolute atomic E-state index is 13.9. The standard InChI is InChI=1S/C13H13F2N3O2/c14-11-7-10(18(19)20)8-12(15)13(11)17-5-2-9(1-4-16)3-6-17/h7-9H,1-3,5-6H2. The highest BCUT2D eigenvalue weighted by Gasteiger charge is 2.25. The molecule has 0 spiro atoms. The van der Waals surface area contributed by atoms with E-state index in [1.54, 1.807) is 4.90 Å². The second kappa shape index (κ2) is 5.82. The summed E-state index contributed by atoms with van der Waals surface area (Å²) in [6, 6.07) is 3.56. The van der Waals surface area contributed by atoms with E-state index in [0.29, 0.717) is 32.4 Å². The molecule has 0 amide bonds. The highest BCUT2D eigenvalue weighted by atomic mass is 19.1. The predicted octanol–water partition coefficient (Wildman–Crippen LogP) is 3.00. The first kappa shape index (κ1) is 14.2. The number of hydrogen-bond donors (Lipinski definition) is 0. The molecule has 0 aromatic heterocycles. The van der Waals surface area contributed by atoms with Gasteiger partial charge in [-0.3, -0.25) is 10.1 Å². The Labute approximate surface area is 114 Å². The molecule has 7 heteroatoms. The molecule has 5 nitrogen and oxygen atoms in total. The van der Waals surface area contributed by atoms with Gasteiger partial charge in [0.25, 0.3) is 5.69 Å². The van der Waals surface area contributed by atoms with Crippen molar-refractivity contribution in [1.82, 2.24) is 0 Å². The van der Waals surface area contributed by atoms with Crippen molar-refractivity contribution in [3.63, 3.8) is 0 Å². The van der Waals surface area contributed by atoms with Gasteiger partial charge in [0.05, 0.1) is 23.1 Å². The maximum Gasteiger partial charge on any atom is 0.275 e. The minimum absolute atomic E-state index is 0.217. The average molecular weight is 281 g/mol. The second-order valence-corrected chi connectivity index (χ2v) is 4.81. The molecule has 1 aromatic rings. The van der Waals surface area contributed by atoms with Crippen LogP contribution in [0.3, 0.4) is 0 Å². The van der Waals surface area contributed by atoms with Crippen LogP contribution in [0.15, 0.2) is 12.1 Å². The molecule has 1 heterocycles. The lowest BCUT2D eigenvalue weighted by atomic mass is 9.94. The summed E-state index contributed by atoms with van der Waals surface area (Å²) in [4.78, 5) is 11.3. The second-order valence-electron chi connectivity index (χ2n) is 4.81. The third kappa shape index (κ3) is 2.85. The Kier molecular flexibility index (Phi) is 4.13. The van der Waals surface area contributed by atoms with Crippen LogP contribution in [0.5, 0.6) is 0 Å². The molecular weight excluding hydrogens is 268 g/mol. The topological polar surface area (TPSA) is 70.2 Å². The van der Waals surface area contributed by atoms with Gasteiger partial charge >= 0.3 is 0 Å². The quantitative estimate of drug-likeness (QED) is 0.630. The van der Waals surface area contributed by atoms with Gasteiger partial charge in [-0.25, -0.2) is 8.78 Å². The average Bonchev–Trinajstić information content (AvgIpc) is 2.40. The number of hydrogen-bond acceptors (Lipinski definition) is 4. The lowest BCUT2D eigenvalue weighted by Crippen LogP contribution is -2.34. The molecule has 0 radical (unpaired) electrons. The van der Waals surface area contributed by atoms with Crippen molar-refractivity contribution in [1.29, 1.82) is 5.26 Å². The smallest absolute Gasteiger partial charge is 0.275 e. The normalized spacial score (nSPS) is 15.9. The minimum Gasteiger partial charge on any atom is -0.367 e. The van der Waals surface area contributed by atoms with Crippen LogP contribution in [0.2, 0.25) is 0 Å². The van der Waals surface area contributed by atoms with Crippen molar-refractivity contribution in [2.45, 2.75) is 19.3 Å². The Morgan fingerprint density at radius 2 is 1.90 bits per heavy atom. The molecule has 0 unspecified atom stereocenters. The van der Waals surface area contributed by atoms with Crippen molar-refractivity contribution in [2.24, 2.45) is 5.92 Å². The summed E-state index contributed by atoms with van der Waals surface area (Å²) in [7, 11) is 0. The van der Waals surface area contributed by atoms with E-state index in [4.69, 9.17) is 5.26 Å². The van der Waals surface area contributed by atoms with Crippen molar-refractivity contribution in [3.05, 3.63) is 33.9 Å². The first-order chi connectivity index (χ1) is 9.52. The van der Waals surface area contributed by atoms with E-state index in [0.717, 1.165) is 12.1 Å². The summed E-state index contributed by atoms with van der Waals surface area (Å²) in [6.07, 6.45) is 1.81. The van der Waals surface area contributed by atoms with Crippen LogP contribution in [0.1, 0.15) is 19.3 Å². The first-order valence-corrected chi connectivity index (χ1v) is 6.28. The number of halogens is 2. The zero-order valence-corrected chi connectivity index (χ0v) is 10.7. The SMILES string of the molecule is N#CCC1CCN(c2c(F)cc([N+](=O)[O-])cc2F)CC1. The van der Waals surface area contributed by atoms with E-state index in [9.17, 15) is 18.9 Å². The van der Waals surface area contributed by atoms with Crippen molar-refractivity contribution in [2.75, 3.05) is 18.0 Å². The van der Waals surface area contributed by atoms with Gasteiger partial charge in [-0.05, 0) is 18.8 Å². The number of piperidine rings is 1. The van der Waals surface area contributed by atoms with Gasteiger partial charge in [-0.2, -0.15) is 5.26 Å². The van der Waals surface area contributed by atoms with Crippen molar-refractivity contribution < 1.29 is 13.7 Å². The molecule has 0 bridgehead atoms. The monoisotopic (exact) mass is 281 g/mol. The molecular formula is C13H13F2N3O2. The first-order valence-electron chi connectivity index (χ1n) is 6.28. The molecule has 1 fully saturated rings. The summed E-state index contributed by atoms with van der Waals surface area (Å²) < 4.78 is 27.7. The minimum atomic E-state index is -0.921. The lowest BCUT2D eigenvalue weighted by molar-refractivity contribution is -0.385. The molecule has 1 saturated heterocycles. The number of anilines is 1. The molecule has 1 aromatic carbocycles. The van der Waals surface area contributed by atoms with Gasteiger partial charge < -0.3 is 4.90 Å². The van der Waals surface area contributed by atoms with Gasteiger partial charge in [-0.1, -0.05) is 0 Å². The zero-order valence-electron chi connectivity index (χ0n) is 10.7. The van der Waals surface area contributed by atoms with Crippen LogP contribution in [0.25, 0.3) is 0 Å². The van der Waals surface area contributed by atoms with E-state index in [1.165, 1.54) is 0 Å². The number of benzene rings is 1. The van der Waals surface area contributed by atoms with Gasteiger partial charge in [0.15, 0.2) is 11.6 Å². The van der Waals surface area contributed by atoms with Crippen molar-refractivity contribution >= 4 is 11.4 Å². The zero-order chi connectivity index (χ0) is 14.7. The Hall–Kier alpha value is -2.23. The van der Waals surface area contributed by atoms with Crippen LogP contribution in [0, 0.1) is 39.0 Å². The number of nitro groups is 1. The largest absolute Gasteiger partial charge is 0.367 e. The molecule has 2 rings (SSSR count). The summed E-state index contributed by atoms with van der Waals surface area (Å²) in [5.41, 5.74) is -0.811. The Balaban J connectivity index is 2.18. The predicted molar refractivity (Wildman–Crippen MR) is 68.2 cm³/mol. The molecule has 0 aliphatic carbocycles. The molecule has 1 aliphatic rings. The van der Waals surface area contributed by atoms with E-state index in [1.807, 2.05) is 0 Å². The van der Waals surface area contributed by atoms with Gasteiger partial charge in [0.2, 0.25) is 0 Å². The summed E-state index contributed by atoms with van der Waals surface area (Å²) in [5.74, 6) is -1.59. The fourth-order valence-corrected chi connectivity index (χ4v) is 2.45. The highest BCUT2D eigenvalue weighted by Crippen LogP contribution is 2.31. The van der Waals surface area contributed by atoms with E-state index in [2.05, 4.69) is 6.07 Å². The van der Waals surface area contributed by atoms with E-state index >= 15 is 0 Å². The maximum atomic E-state index is 13.9. The van der Waals surface area contributed by atoms with Crippen LogP contribution in [-0.4, -0.2) is 18.0 Å². The van der Waals surface area contributed by atoms with E-state index in [-0.39, 0.29) is 11.6 Å². The summed E-state index contributed by atoms with van der Waals surface area (Å²) in [6.45, 7) is 0.885. The van der Waals surface area contributed by atoms with Crippen molar-refractivity contribution in [3.8, 4) is 6.07 Å². The van der Waals surface area contributed by atoms with Gasteiger partial charge in [-0.15, -0.1) is 0 Å². The molecule has 0 atom stereocenters. The molecule has 1 aliphatic heterocycles. The lowest BCUT2D eigenvalue weighted by Gasteiger charge is -2.33. The van der Waals surface area contributed by atoms with Crippen LogP contribution >= 0.6 is 0 Å². The summed E-state index contributed by atoms with van der Waals surface area (Å²) in [5, 5.41) is 19.2. The summed E-state index contributed by atoms with van der Waals surface area (Å²) >= 11 is 0. The van der Waals surface area contributed by atoms with Crippen LogP contribution < -0.4 is 4.90 Å². The number of nitrogens with zero attached hydrogens (tertiary/aromatic N) is 3. The van der Waals surface area contributed by atoms with E-state index < -0.39 is 22.2 Å². The number of nitro benzene ring substituents is 1.